The third-order valence-electron chi connectivity index (χ3n) is 3.24. The van der Waals surface area contributed by atoms with Crippen LogP contribution < -0.4 is 0 Å². The zero-order chi connectivity index (χ0) is 13.1. The maximum atomic E-state index is 5.82. The topological polar surface area (TPSA) is 27.7 Å². The molecule has 0 aliphatic carbocycles. The van der Waals surface area contributed by atoms with Gasteiger partial charge in [0, 0.05) is 7.11 Å². The van der Waals surface area contributed by atoms with Gasteiger partial charge in [0.15, 0.2) is 0 Å². The number of hydrogen-bond acceptors (Lipinski definition) is 3. The summed E-state index contributed by atoms with van der Waals surface area (Å²) in [5.41, 5.74) is 2.19. The van der Waals surface area contributed by atoms with Gasteiger partial charge in [-0.3, -0.25) is 0 Å². The van der Waals surface area contributed by atoms with Gasteiger partial charge in [0.25, 0.3) is 6.48 Å². The Balaban J connectivity index is 1.92. The van der Waals surface area contributed by atoms with E-state index < -0.39 is 6.48 Å². The summed E-state index contributed by atoms with van der Waals surface area (Å²) < 4.78 is 16.8. The van der Waals surface area contributed by atoms with Crippen LogP contribution in [0.3, 0.4) is 0 Å². The molecule has 3 rings (SSSR count). The van der Waals surface area contributed by atoms with Crippen LogP contribution in [0.2, 0.25) is 0 Å². The van der Waals surface area contributed by atoms with Crippen molar-refractivity contribution in [3.63, 3.8) is 0 Å². The second kappa shape index (κ2) is 5.53. The number of rotatable bonds is 3. The summed E-state index contributed by atoms with van der Waals surface area (Å²) in [5.74, 6) is 0. The molecule has 2 aromatic rings. The molecule has 1 aliphatic heterocycles. The molecular weight excluding hydrogens is 240 g/mol. The smallest absolute Gasteiger partial charge is 0.272 e. The van der Waals surface area contributed by atoms with Crippen LogP contribution >= 0.6 is 0 Å². The van der Waals surface area contributed by atoms with Gasteiger partial charge >= 0.3 is 0 Å². The minimum Gasteiger partial charge on any atom is -0.333 e. The van der Waals surface area contributed by atoms with Crippen molar-refractivity contribution in [3.05, 3.63) is 71.8 Å². The van der Waals surface area contributed by atoms with E-state index in [4.69, 9.17) is 14.2 Å². The van der Waals surface area contributed by atoms with Crippen LogP contribution in [0.15, 0.2) is 60.7 Å². The maximum Gasteiger partial charge on any atom is 0.272 e. The first kappa shape index (κ1) is 12.4. The van der Waals surface area contributed by atoms with E-state index in [0.29, 0.717) is 0 Å². The highest BCUT2D eigenvalue weighted by atomic mass is 16.9. The lowest BCUT2D eigenvalue weighted by Crippen LogP contribution is -2.09. The number of hydrogen-bond donors (Lipinski definition) is 0. The zero-order valence-corrected chi connectivity index (χ0v) is 10.7. The standard InChI is InChI=1S/C16H16O3/c1-17-16-18-14(12-8-4-2-5-9-12)15(19-16)13-10-6-3-7-11-13/h2-11,14-16H,1H3/t14-,15-/m0/s1. The van der Waals surface area contributed by atoms with Crippen LogP contribution in [0.4, 0.5) is 0 Å². The molecule has 19 heavy (non-hydrogen) atoms. The molecule has 0 N–H and O–H groups in total. The molecule has 0 bridgehead atoms. The third-order valence-corrected chi connectivity index (χ3v) is 3.24. The van der Waals surface area contributed by atoms with E-state index in [9.17, 15) is 0 Å². The van der Waals surface area contributed by atoms with Crippen LogP contribution in [-0.2, 0) is 14.2 Å². The largest absolute Gasteiger partial charge is 0.333 e. The van der Waals surface area contributed by atoms with Gasteiger partial charge in [-0.2, -0.15) is 0 Å². The summed E-state index contributed by atoms with van der Waals surface area (Å²) in [5, 5.41) is 0. The van der Waals surface area contributed by atoms with Crippen LogP contribution in [0.1, 0.15) is 23.3 Å². The molecule has 0 amide bonds. The van der Waals surface area contributed by atoms with Crippen LogP contribution in [-0.4, -0.2) is 13.6 Å². The first-order valence-electron chi connectivity index (χ1n) is 6.32. The molecule has 1 saturated heterocycles. The lowest BCUT2D eigenvalue weighted by molar-refractivity contribution is -0.229. The Morgan fingerprint density at radius 3 is 1.53 bits per heavy atom. The molecule has 1 heterocycles. The lowest BCUT2D eigenvalue weighted by Gasteiger charge is -2.16. The molecule has 0 saturated carbocycles. The van der Waals surface area contributed by atoms with Crippen molar-refractivity contribution in [2.24, 2.45) is 0 Å². The summed E-state index contributed by atoms with van der Waals surface area (Å²) in [7, 11) is 1.58. The van der Waals surface area contributed by atoms with Gasteiger partial charge in [-0.05, 0) is 11.1 Å². The highest BCUT2D eigenvalue weighted by Crippen LogP contribution is 2.42. The average molecular weight is 256 g/mol. The first-order valence-corrected chi connectivity index (χ1v) is 6.32. The summed E-state index contributed by atoms with van der Waals surface area (Å²) in [4.78, 5) is 0. The zero-order valence-electron chi connectivity index (χ0n) is 10.7. The summed E-state index contributed by atoms with van der Waals surface area (Å²) in [6.45, 7) is -0.615. The molecule has 0 radical (unpaired) electrons. The fourth-order valence-electron chi connectivity index (χ4n) is 2.32. The molecular formula is C16H16O3. The van der Waals surface area contributed by atoms with Gasteiger partial charge in [-0.15, -0.1) is 0 Å². The second-order valence-corrected chi connectivity index (χ2v) is 4.46. The molecule has 2 aromatic carbocycles. The van der Waals surface area contributed by atoms with Gasteiger partial charge in [0.2, 0.25) is 0 Å². The van der Waals surface area contributed by atoms with Crippen molar-refractivity contribution in [1.82, 2.24) is 0 Å². The molecule has 1 fully saturated rings. The normalized spacial score (nSPS) is 23.6. The summed E-state index contributed by atoms with van der Waals surface area (Å²) in [6.07, 6.45) is -0.290. The molecule has 3 heteroatoms. The van der Waals surface area contributed by atoms with Gasteiger partial charge in [0.1, 0.15) is 12.2 Å². The number of benzene rings is 2. The predicted octanol–water partition coefficient (Wildman–Crippen LogP) is 3.45. The molecule has 2 atom stereocenters. The number of ether oxygens (including phenoxy) is 3. The van der Waals surface area contributed by atoms with Crippen LogP contribution in [0, 0.1) is 0 Å². The summed E-state index contributed by atoms with van der Waals surface area (Å²) in [6, 6.07) is 20.2. The highest BCUT2D eigenvalue weighted by Gasteiger charge is 2.38. The summed E-state index contributed by atoms with van der Waals surface area (Å²) >= 11 is 0. The van der Waals surface area contributed by atoms with Crippen molar-refractivity contribution in [3.8, 4) is 0 Å². The quantitative estimate of drug-likeness (QED) is 0.842. The van der Waals surface area contributed by atoms with E-state index in [1.54, 1.807) is 7.11 Å². The Morgan fingerprint density at radius 2 is 1.16 bits per heavy atom. The predicted molar refractivity (Wildman–Crippen MR) is 71.3 cm³/mol. The SMILES string of the molecule is COC1O[C@@H](c2ccccc2)[C@H](c2ccccc2)O1. The molecule has 3 nitrogen and oxygen atoms in total. The minimum atomic E-state index is -0.615. The second-order valence-electron chi connectivity index (χ2n) is 4.46. The van der Waals surface area contributed by atoms with E-state index >= 15 is 0 Å². The fraction of sp³-hybridized carbons (Fsp3) is 0.250. The Morgan fingerprint density at radius 1 is 0.737 bits per heavy atom. The molecule has 1 aliphatic rings. The van der Waals surface area contributed by atoms with Crippen LogP contribution in [0.25, 0.3) is 0 Å². The Kier molecular flexibility index (Phi) is 3.60. The van der Waals surface area contributed by atoms with Crippen molar-refractivity contribution in [2.45, 2.75) is 18.7 Å². The number of methoxy groups -OCH3 is 1. The van der Waals surface area contributed by atoms with E-state index in [1.165, 1.54) is 0 Å². The van der Waals surface area contributed by atoms with Gasteiger partial charge in [0.05, 0.1) is 0 Å². The van der Waals surface area contributed by atoms with Crippen LogP contribution in [0.5, 0.6) is 0 Å². The molecule has 98 valence electrons. The van der Waals surface area contributed by atoms with Crippen molar-refractivity contribution in [1.29, 1.82) is 0 Å². The minimum absolute atomic E-state index is 0.145. The fourth-order valence-corrected chi connectivity index (χ4v) is 2.32. The van der Waals surface area contributed by atoms with E-state index in [2.05, 4.69) is 0 Å². The lowest BCUT2D eigenvalue weighted by atomic mass is 9.99. The molecule has 0 aromatic heterocycles. The highest BCUT2D eigenvalue weighted by molar-refractivity contribution is 5.26. The first-order chi connectivity index (χ1) is 9.38. The van der Waals surface area contributed by atoms with E-state index in [1.807, 2.05) is 60.7 Å². The van der Waals surface area contributed by atoms with E-state index in [-0.39, 0.29) is 12.2 Å². The van der Waals surface area contributed by atoms with Gasteiger partial charge in [-0.25, -0.2) is 0 Å². The maximum absolute atomic E-state index is 5.82. The molecule has 0 unspecified atom stereocenters. The van der Waals surface area contributed by atoms with Gasteiger partial charge in [-0.1, -0.05) is 60.7 Å². The Bertz CT molecular complexity index is 465. The third kappa shape index (κ3) is 2.54. The van der Waals surface area contributed by atoms with Crippen molar-refractivity contribution in [2.75, 3.05) is 7.11 Å². The Hall–Kier alpha value is -1.68. The van der Waals surface area contributed by atoms with Crippen molar-refractivity contribution < 1.29 is 14.2 Å². The van der Waals surface area contributed by atoms with Crippen molar-refractivity contribution >= 4 is 0 Å². The van der Waals surface area contributed by atoms with Gasteiger partial charge < -0.3 is 14.2 Å². The van der Waals surface area contributed by atoms with E-state index in [0.717, 1.165) is 11.1 Å². The Labute approximate surface area is 112 Å². The molecule has 0 spiro atoms. The average Bonchev–Trinajstić information content (AvgIpc) is 2.93. The monoisotopic (exact) mass is 256 g/mol.